The molecule has 0 aromatic carbocycles. The molecule has 0 saturated carbocycles. The third kappa shape index (κ3) is 3.60. The first kappa shape index (κ1) is 8.03. The summed E-state index contributed by atoms with van der Waals surface area (Å²) in [6.07, 6.45) is -1.42. The first-order valence-electron chi connectivity index (χ1n) is 2.42. The number of nitro groups is 1. The smallest absolute Gasteiger partial charge is 0.270 e. The number of hydrogen-bond acceptors (Lipinski definition) is 4. The van der Waals surface area contributed by atoms with E-state index >= 15 is 0 Å². The van der Waals surface area contributed by atoms with Crippen LogP contribution in [0.2, 0.25) is 0 Å². The molecule has 1 atom stereocenters. The lowest BCUT2D eigenvalue weighted by Crippen LogP contribution is -2.31. The molecule has 0 heterocycles. The first-order valence-corrected chi connectivity index (χ1v) is 2.42. The van der Waals surface area contributed by atoms with Gasteiger partial charge in [0, 0.05) is 4.92 Å². The Hall–Kier alpha value is -0.970. The maximum Gasteiger partial charge on any atom is 0.270 e. The van der Waals surface area contributed by atoms with E-state index < -0.39 is 11.1 Å². The minimum Gasteiger partial charge on any atom is -0.300 e. The van der Waals surface area contributed by atoms with Crippen molar-refractivity contribution in [2.24, 2.45) is 5.73 Å². The van der Waals surface area contributed by atoms with Gasteiger partial charge in [0.1, 0.15) is 5.78 Å². The number of nitrogens with zero attached hydrogens (tertiary/aromatic N) is 1. The highest BCUT2D eigenvalue weighted by atomic mass is 16.6. The monoisotopic (exact) mass is 132 g/mol. The second-order valence-electron chi connectivity index (χ2n) is 1.76. The van der Waals surface area contributed by atoms with E-state index in [0.29, 0.717) is 0 Å². The van der Waals surface area contributed by atoms with Crippen LogP contribution in [0.25, 0.3) is 0 Å². The van der Waals surface area contributed by atoms with Gasteiger partial charge in [0.05, 0.1) is 6.42 Å². The number of nitrogens with two attached hydrogens (primary N) is 1. The van der Waals surface area contributed by atoms with Gasteiger partial charge in [0.2, 0.25) is 0 Å². The summed E-state index contributed by atoms with van der Waals surface area (Å²) in [5.41, 5.74) is 4.90. The van der Waals surface area contributed by atoms with Crippen molar-refractivity contribution >= 4 is 5.78 Å². The van der Waals surface area contributed by atoms with Crippen molar-refractivity contribution in [3.63, 3.8) is 0 Å². The molecule has 0 aliphatic carbocycles. The van der Waals surface area contributed by atoms with Crippen molar-refractivity contribution in [1.29, 1.82) is 0 Å². The van der Waals surface area contributed by atoms with Gasteiger partial charge in [-0.15, -0.1) is 0 Å². The van der Waals surface area contributed by atoms with Crippen molar-refractivity contribution in [1.82, 2.24) is 0 Å². The Labute approximate surface area is 52.0 Å². The Kier molecular flexibility index (Phi) is 2.80. The zero-order chi connectivity index (χ0) is 7.44. The molecule has 0 saturated heterocycles. The van der Waals surface area contributed by atoms with Crippen molar-refractivity contribution < 1.29 is 9.72 Å². The van der Waals surface area contributed by atoms with E-state index in [1.54, 1.807) is 0 Å². The Morgan fingerprint density at radius 1 is 1.89 bits per heavy atom. The fraction of sp³-hybridized carbons (Fsp3) is 0.750. The third-order valence-corrected chi connectivity index (χ3v) is 0.767. The number of carbonyl (C=O) groups excluding carboxylic acids is 1. The fourth-order valence-corrected chi connectivity index (χ4v) is 0.369. The molecule has 0 amide bonds. The van der Waals surface area contributed by atoms with Gasteiger partial charge in [-0.3, -0.25) is 20.6 Å². The summed E-state index contributed by atoms with van der Waals surface area (Å²) in [4.78, 5) is 19.3. The van der Waals surface area contributed by atoms with Crippen molar-refractivity contribution in [2.45, 2.75) is 19.5 Å². The average Bonchev–Trinajstić information content (AvgIpc) is 1.63. The van der Waals surface area contributed by atoms with Gasteiger partial charge in [-0.05, 0) is 6.92 Å². The molecule has 52 valence electrons. The number of ketones is 1. The minimum atomic E-state index is -1.23. The van der Waals surface area contributed by atoms with Crippen LogP contribution in [0.15, 0.2) is 0 Å². The Bertz CT molecular complexity index is 134. The Morgan fingerprint density at radius 3 is 2.44 bits per heavy atom. The van der Waals surface area contributed by atoms with E-state index in [1.165, 1.54) is 6.92 Å². The zero-order valence-corrected chi connectivity index (χ0v) is 5.03. The van der Waals surface area contributed by atoms with Crippen LogP contribution >= 0.6 is 0 Å². The van der Waals surface area contributed by atoms with Crippen LogP contribution in [0, 0.1) is 10.1 Å². The maximum absolute atomic E-state index is 10.2. The molecule has 0 aromatic rings. The van der Waals surface area contributed by atoms with Gasteiger partial charge in [-0.1, -0.05) is 0 Å². The largest absolute Gasteiger partial charge is 0.300 e. The lowest BCUT2D eigenvalue weighted by atomic mass is 10.3. The van der Waals surface area contributed by atoms with Crippen LogP contribution in [-0.2, 0) is 4.79 Å². The number of carbonyl (C=O) groups is 1. The maximum atomic E-state index is 10.2. The van der Waals surface area contributed by atoms with E-state index in [-0.39, 0.29) is 12.2 Å². The van der Waals surface area contributed by atoms with Crippen LogP contribution in [0.4, 0.5) is 0 Å². The number of Topliss-reactive ketones (excluding diaryl/α,β-unsaturated/α-hetero) is 1. The summed E-state index contributed by atoms with van der Waals surface area (Å²) in [6.45, 7) is 1.27. The summed E-state index contributed by atoms with van der Waals surface area (Å²) in [5, 5.41) is 9.76. The Morgan fingerprint density at radius 2 is 2.33 bits per heavy atom. The SMILES string of the molecule is CC(=O)CC(N)[N+](=O)[O-]. The van der Waals surface area contributed by atoms with Gasteiger partial charge >= 0.3 is 0 Å². The van der Waals surface area contributed by atoms with Crippen LogP contribution < -0.4 is 5.73 Å². The summed E-state index contributed by atoms with van der Waals surface area (Å²) in [7, 11) is 0. The van der Waals surface area contributed by atoms with Crippen molar-refractivity contribution in [3.05, 3.63) is 10.1 Å². The molecule has 0 rings (SSSR count). The highest BCUT2D eigenvalue weighted by molar-refractivity contribution is 5.75. The lowest BCUT2D eigenvalue weighted by molar-refractivity contribution is -0.520. The quantitative estimate of drug-likeness (QED) is 0.319. The molecule has 1 unspecified atom stereocenters. The molecular weight excluding hydrogens is 124 g/mol. The van der Waals surface area contributed by atoms with Crippen LogP contribution in [0.5, 0.6) is 0 Å². The third-order valence-electron chi connectivity index (χ3n) is 0.767. The second kappa shape index (κ2) is 3.13. The molecule has 0 radical (unpaired) electrons. The molecule has 2 N–H and O–H groups in total. The van der Waals surface area contributed by atoms with E-state index in [2.05, 4.69) is 0 Å². The minimum absolute atomic E-state index is 0.188. The van der Waals surface area contributed by atoms with Gasteiger partial charge in [0.25, 0.3) is 6.17 Å². The van der Waals surface area contributed by atoms with Crippen LogP contribution in [-0.4, -0.2) is 16.9 Å². The van der Waals surface area contributed by atoms with Crippen LogP contribution in [0.1, 0.15) is 13.3 Å². The van der Waals surface area contributed by atoms with Crippen molar-refractivity contribution in [3.8, 4) is 0 Å². The molecule has 0 fully saturated rings. The zero-order valence-electron chi connectivity index (χ0n) is 5.03. The molecule has 0 aromatic heterocycles. The topological polar surface area (TPSA) is 86.2 Å². The van der Waals surface area contributed by atoms with E-state index in [1.807, 2.05) is 0 Å². The van der Waals surface area contributed by atoms with Gasteiger partial charge in [-0.2, -0.15) is 0 Å². The molecule has 9 heavy (non-hydrogen) atoms. The highest BCUT2D eigenvalue weighted by Crippen LogP contribution is 1.88. The number of hydrogen-bond donors (Lipinski definition) is 1. The molecule has 0 spiro atoms. The lowest BCUT2D eigenvalue weighted by Gasteiger charge is -1.97. The molecule has 5 heteroatoms. The molecule has 0 bridgehead atoms. The number of rotatable bonds is 3. The van der Waals surface area contributed by atoms with E-state index in [0.717, 1.165) is 0 Å². The fourth-order valence-electron chi connectivity index (χ4n) is 0.369. The normalized spacial score (nSPS) is 12.7. The molecular formula is C4H8N2O3. The predicted octanol–water partition coefficient (Wildman–Crippen LogP) is -0.473. The predicted molar refractivity (Wildman–Crippen MR) is 30.3 cm³/mol. The van der Waals surface area contributed by atoms with E-state index in [4.69, 9.17) is 5.73 Å². The molecule has 0 aliphatic rings. The molecule has 0 aliphatic heterocycles. The van der Waals surface area contributed by atoms with Crippen molar-refractivity contribution in [2.75, 3.05) is 0 Å². The van der Waals surface area contributed by atoms with E-state index in [9.17, 15) is 14.9 Å². The molecule has 5 nitrogen and oxygen atoms in total. The van der Waals surface area contributed by atoms with Gasteiger partial charge in [-0.25, -0.2) is 0 Å². The van der Waals surface area contributed by atoms with Gasteiger partial charge < -0.3 is 0 Å². The van der Waals surface area contributed by atoms with Crippen LogP contribution in [0.3, 0.4) is 0 Å². The average molecular weight is 132 g/mol. The summed E-state index contributed by atoms with van der Waals surface area (Å²) in [6, 6.07) is 0. The summed E-state index contributed by atoms with van der Waals surface area (Å²) in [5.74, 6) is -0.265. The first-order chi connectivity index (χ1) is 4.04. The summed E-state index contributed by atoms with van der Waals surface area (Å²) < 4.78 is 0. The van der Waals surface area contributed by atoms with Gasteiger partial charge in [0.15, 0.2) is 0 Å². The highest BCUT2D eigenvalue weighted by Gasteiger charge is 2.14. The summed E-state index contributed by atoms with van der Waals surface area (Å²) >= 11 is 0. The Balaban J connectivity index is 3.63. The second-order valence-corrected chi connectivity index (χ2v) is 1.76. The standard InChI is InChI=1S/C4H8N2O3/c1-3(7)2-4(5)6(8)9/h4H,2,5H2,1H3.